The van der Waals surface area contributed by atoms with Crippen LogP contribution in [0.4, 0.5) is 0 Å². The van der Waals surface area contributed by atoms with Crippen molar-refractivity contribution in [1.29, 1.82) is 0 Å². The number of nitrogens with zero attached hydrogens (tertiary/aromatic N) is 2. The molecular formula is C23H46N2. The predicted octanol–water partition coefficient (Wildman–Crippen LogP) is 7.31. The molecule has 0 aromatic carbocycles. The van der Waals surface area contributed by atoms with Gasteiger partial charge in [-0.3, -0.25) is 0 Å². The van der Waals surface area contributed by atoms with Gasteiger partial charge in [0.1, 0.15) is 6.17 Å². The number of rotatable bonds is 16. The molecule has 0 aromatic rings. The minimum Gasteiger partial charge on any atom is -0.356 e. The van der Waals surface area contributed by atoms with E-state index in [4.69, 9.17) is 0 Å². The first kappa shape index (κ1) is 22.4. The molecule has 25 heavy (non-hydrogen) atoms. The van der Waals surface area contributed by atoms with Crippen molar-refractivity contribution in [2.24, 2.45) is 0 Å². The number of hydrogen-bond donors (Lipinski definition) is 0. The third-order valence-electron chi connectivity index (χ3n) is 5.59. The van der Waals surface area contributed by atoms with Crippen molar-refractivity contribution < 1.29 is 0 Å². The van der Waals surface area contributed by atoms with Gasteiger partial charge >= 0.3 is 0 Å². The van der Waals surface area contributed by atoms with Gasteiger partial charge in [0.25, 0.3) is 0 Å². The molecule has 0 saturated carbocycles. The zero-order valence-corrected chi connectivity index (χ0v) is 17.8. The Morgan fingerprint density at radius 2 is 1.20 bits per heavy atom. The SMILES string of the molecule is CCCCCCCCCCC1N(CCCCCCC)C=CN1C(C)C. The zero-order chi connectivity index (χ0) is 18.3. The van der Waals surface area contributed by atoms with E-state index in [1.54, 1.807) is 0 Å². The molecular weight excluding hydrogens is 304 g/mol. The van der Waals surface area contributed by atoms with Crippen LogP contribution >= 0.6 is 0 Å². The second kappa shape index (κ2) is 14.5. The molecule has 1 rings (SSSR count). The Balaban J connectivity index is 2.22. The van der Waals surface area contributed by atoms with Gasteiger partial charge in [-0.1, -0.05) is 84.5 Å². The Hall–Kier alpha value is -0.660. The third kappa shape index (κ3) is 9.56. The molecule has 148 valence electrons. The quantitative estimate of drug-likeness (QED) is 0.269. The van der Waals surface area contributed by atoms with E-state index in [2.05, 4.69) is 49.9 Å². The first-order chi connectivity index (χ1) is 12.2. The summed E-state index contributed by atoms with van der Waals surface area (Å²) in [6, 6.07) is 0.611. The summed E-state index contributed by atoms with van der Waals surface area (Å²) in [5.74, 6) is 0. The molecule has 1 aliphatic rings. The van der Waals surface area contributed by atoms with Gasteiger partial charge in [0.05, 0.1) is 0 Å². The highest BCUT2D eigenvalue weighted by Crippen LogP contribution is 2.24. The van der Waals surface area contributed by atoms with E-state index >= 15 is 0 Å². The van der Waals surface area contributed by atoms with E-state index in [1.807, 2.05) is 0 Å². The van der Waals surface area contributed by atoms with E-state index in [0.29, 0.717) is 12.2 Å². The van der Waals surface area contributed by atoms with Crippen LogP contribution in [0.5, 0.6) is 0 Å². The highest BCUT2D eigenvalue weighted by atomic mass is 15.4. The second-order valence-corrected chi connectivity index (χ2v) is 8.24. The average Bonchev–Trinajstić information content (AvgIpc) is 3.00. The lowest BCUT2D eigenvalue weighted by Gasteiger charge is -2.35. The third-order valence-corrected chi connectivity index (χ3v) is 5.59. The van der Waals surface area contributed by atoms with Crippen LogP contribution in [0.2, 0.25) is 0 Å². The van der Waals surface area contributed by atoms with Crippen molar-refractivity contribution in [2.45, 2.75) is 130 Å². The summed E-state index contributed by atoms with van der Waals surface area (Å²) in [5, 5.41) is 0. The first-order valence-corrected chi connectivity index (χ1v) is 11.4. The van der Waals surface area contributed by atoms with Crippen LogP contribution in [-0.4, -0.2) is 28.6 Å². The fourth-order valence-corrected chi connectivity index (χ4v) is 3.95. The molecule has 0 amide bonds. The molecule has 1 heterocycles. The molecule has 0 aliphatic carbocycles. The van der Waals surface area contributed by atoms with Gasteiger partial charge < -0.3 is 9.80 Å². The van der Waals surface area contributed by atoms with Crippen LogP contribution in [0.3, 0.4) is 0 Å². The van der Waals surface area contributed by atoms with Gasteiger partial charge in [0.15, 0.2) is 0 Å². The van der Waals surface area contributed by atoms with Gasteiger partial charge in [0.2, 0.25) is 0 Å². The molecule has 1 unspecified atom stereocenters. The standard InChI is InChI=1S/C23H46N2/c1-5-7-9-11-12-13-14-16-18-23-24(19-17-15-10-8-6-2)20-21-25(23)22(3)4/h20-23H,5-19H2,1-4H3. The van der Waals surface area contributed by atoms with Crippen molar-refractivity contribution >= 4 is 0 Å². The first-order valence-electron chi connectivity index (χ1n) is 11.4. The Bertz CT molecular complexity index is 324. The maximum Gasteiger partial charge on any atom is 0.101 e. The largest absolute Gasteiger partial charge is 0.356 e. The lowest BCUT2D eigenvalue weighted by Crippen LogP contribution is -2.42. The summed E-state index contributed by atoms with van der Waals surface area (Å²) >= 11 is 0. The van der Waals surface area contributed by atoms with Crippen molar-refractivity contribution in [3.05, 3.63) is 12.4 Å². The number of hydrogen-bond acceptors (Lipinski definition) is 2. The summed E-state index contributed by atoms with van der Waals surface area (Å²) in [5.41, 5.74) is 0. The Kier molecular flexibility index (Phi) is 13.0. The highest BCUT2D eigenvalue weighted by molar-refractivity contribution is 4.98. The Morgan fingerprint density at radius 3 is 1.76 bits per heavy atom. The second-order valence-electron chi connectivity index (χ2n) is 8.24. The topological polar surface area (TPSA) is 6.48 Å². The Morgan fingerprint density at radius 1 is 0.680 bits per heavy atom. The van der Waals surface area contributed by atoms with Crippen LogP contribution < -0.4 is 0 Å². The molecule has 1 atom stereocenters. The maximum absolute atomic E-state index is 2.62. The van der Waals surface area contributed by atoms with E-state index < -0.39 is 0 Å². The van der Waals surface area contributed by atoms with Crippen molar-refractivity contribution in [3.63, 3.8) is 0 Å². The summed E-state index contributed by atoms with van der Waals surface area (Å²) in [4.78, 5) is 5.19. The summed E-state index contributed by atoms with van der Waals surface area (Å²) in [6.45, 7) is 10.5. The van der Waals surface area contributed by atoms with Gasteiger partial charge in [0, 0.05) is 25.0 Å². The molecule has 0 N–H and O–H groups in total. The lowest BCUT2D eigenvalue weighted by molar-refractivity contribution is 0.114. The normalized spacial score (nSPS) is 17.2. The summed E-state index contributed by atoms with van der Waals surface area (Å²) in [7, 11) is 0. The molecule has 0 spiro atoms. The minimum absolute atomic E-state index is 0.611. The van der Waals surface area contributed by atoms with Crippen molar-refractivity contribution in [1.82, 2.24) is 9.80 Å². The lowest BCUT2D eigenvalue weighted by atomic mass is 10.1. The summed E-state index contributed by atoms with van der Waals surface area (Å²) in [6.07, 6.45) is 24.9. The molecule has 0 saturated heterocycles. The van der Waals surface area contributed by atoms with Crippen LogP contribution in [0, 0.1) is 0 Å². The van der Waals surface area contributed by atoms with Crippen LogP contribution in [0.25, 0.3) is 0 Å². The summed E-state index contributed by atoms with van der Waals surface area (Å²) < 4.78 is 0. The minimum atomic E-state index is 0.611. The molecule has 0 fully saturated rings. The monoisotopic (exact) mass is 350 g/mol. The van der Waals surface area contributed by atoms with Gasteiger partial charge in [-0.05, 0) is 33.1 Å². The molecule has 0 aromatic heterocycles. The fraction of sp³-hybridized carbons (Fsp3) is 0.913. The molecule has 0 bridgehead atoms. The molecule has 2 nitrogen and oxygen atoms in total. The number of unbranched alkanes of at least 4 members (excludes halogenated alkanes) is 11. The highest BCUT2D eigenvalue weighted by Gasteiger charge is 2.26. The van der Waals surface area contributed by atoms with Crippen molar-refractivity contribution in [3.8, 4) is 0 Å². The van der Waals surface area contributed by atoms with Gasteiger partial charge in [-0.15, -0.1) is 0 Å². The van der Waals surface area contributed by atoms with E-state index in [0.717, 1.165) is 0 Å². The average molecular weight is 351 g/mol. The van der Waals surface area contributed by atoms with Crippen molar-refractivity contribution in [2.75, 3.05) is 6.54 Å². The van der Waals surface area contributed by atoms with E-state index in [1.165, 1.54) is 96.4 Å². The molecule has 2 heteroatoms. The molecule has 1 aliphatic heterocycles. The predicted molar refractivity (Wildman–Crippen MR) is 113 cm³/mol. The van der Waals surface area contributed by atoms with Gasteiger partial charge in [-0.2, -0.15) is 0 Å². The van der Waals surface area contributed by atoms with E-state index in [9.17, 15) is 0 Å². The van der Waals surface area contributed by atoms with Gasteiger partial charge in [-0.25, -0.2) is 0 Å². The van der Waals surface area contributed by atoms with Crippen LogP contribution in [-0.2, 0) is 0 Å². The maximum atomic E-state index is 2.62. The van der Waals surface area contributed by atoms with E-state index in [-0.39, 0.29) is 0 Å². The zero-order valence-electron chi connectivity index (χ0n) is 17.8. The Labute approximate surface area is 159 Å². The fourth-order valence-electron chi connectivity index (χ4n) is 3.95. The van der Waals surface area contributed by atoms with Crippen LogP contribution in [0.15, 0.2) is 12.4 Å². The molecule has 0 radical (unpaired) electrons. The van der Waals surface area contributed by atoms with Crippen LogP contribution in [0.1, 0.15) is 118 Å². The smallest absolute Gasteiger partial charge is 0.101 e.